The number of hydrogen-bond acceptors (Lipinski definition) is 3. The van der Waals surface area contributed by atoms with Gasteiger partial charge in [-0.2, -0.15) is 0 Å². The predicted molar refractivity (Wildman–Crippen MR) is 75.7 cm³/mol. The summed E-state index contributed by atoms with van der Waals surface area (Å²) in [6.07, 6.45) is 0. The molecule has 0 spiro atoms. The highest BCUT2D eigenvalue weighted by Crippen LogP contribution is 2.17. The second-order valence-electron chi connectivity index (χ2n) is 4.22. The van der Waals surface area contributed by atoms with Gasteiger partial charge in [0.15, 0.2) is 5.78 Å². The highest BCUT2D eigenvalue weighted by atomic mass is 16.1. The molecule has 0 radical (unpaired) electrons. The van der Waals surface area contributed by atoms with Gasteiger partial charge in [-0.3, -0.25) is 14.2 Å². The number of carbonyl (C=O) groups excluding carboxylic acids is 1. The number of benzene rings is 1. The summed E-state index contributed by atoms with van der Waals surface area (Å²) < 4.78 is 1.46. The average molecular weight is 256 g/mol. The minimum absolute atomic E-state index is 0.0906. The van der Waals surface area contributed by atoms with E-state index in [4.69, 9.17) is 0 Å². The minimum atomic E-state index is -0.138. The molecule has 19 heavy (non-hydrogen) atoms. The smallest absolute Gasteiger partial charge is 0.251 e. The van der Waals surface area contributed by atoms with Crippen LogP contribution in [-0.4, -0.2) is 16.9 Å². The lowest BCUT2D eigenvalue weighted by Gasteiger charge is -2.13. The largest absolute Gasteiger partial charge is 0.371 e. The molecule has 0 atom stereocenters. The van der Waals surface area contributed by atoms with E-state index >= 15 is 0 Å². The number of nitrogens with zero attached hydrogens (tertiary/aromatic N) is 1. The van der Waals surface area contributed by atoms with E-state index in [-0.39, 0.29) is 11.3 Å². The van der Waals surface area contributed by atoms with Crippen LogP contribution < -0.4 is 10.9 Å². The molecule has 0 amide bonds. The maximum absolute atomic E-state index is 12.5. The third-order valence-corrected chi connectivity index (χ3v) is 2.94. The van der Waals surface area contributed by atoms with E-state index < -0.39 is 0 Å². The number of aromatic nitrogens is 1. The Labute approximate surface area is 111 Å². The van der Waals surface area contributed by atoms with Crippen LogP contribution >= 0.6 is 0 Å². The van der Waals surface area contributed by atoms with Crippen LogP contribution in [0.5, 0.6) is 0 Å². The molecule has 0 saturated heterocycles. The second kappa shape index (κ2) is 5.52. The van der Waals surface area contributed by atoms with Gasteiger partial charge in [-0.15, -0.1) is 0 Å². The topological polar surface area (TPSA) is 51.1 Å². The first kappa shape index (κ1) is 13.1. The van der Waals surface area contributed by atoms with E-state index in [2.05, 4.69) is 5.32 Å². The zero-order valence-electron chi connectivity index (χ0n) is 11.0. The molecule has 4 nitrogen and oxygen atoms in total. The van der Waals surface area contributed by atoms with Crippen molar-refractivity contribution in [3.63, 3.8) is 0 Å². The lowest BCUT2D eigenvalue weighted by molar-refractivity contribution is 0.103. The van der Waals surface area contributed by atoms with Crippen molar-refractivity contribution in [1.29, 1.82) is 0 Å². The summed E-state index contributed by atoms with van der Waals surface area (Å²) in [5, 5.41) is 3.08. The van der Waals surface area contributed by atoms with E-state index in [1.54, 1.807) is 25.2 Å². The summed E-state index contributed by atoms with van der Waals surface area (Å²) in [5.74, 6) is 0.469. The molecule has 1 N–H and O–H groups in total. The Kier molecular flexibility index (Phi) is 3.80. The van der Waals surface area contributed by atoms with Crippen LogP contribution in [0, 0.1) is 0 Å². The molecule has 0 aliphatic rings. The summed E-state index contributed by atoms with van der Waals surface area (Å²) in [6.45, 7) is 2.57. The van der Waals surface area contributed by atoms with Gasteiger partial charge in [0, 0.05) is 25.2 Å². The lowest BCUT2D eigenvalue weighted by Crippen LogP contribution is -2.23. The predicted octanol–water partition coefficient (Wildman–Crippen LogP) is 2.05. The molecule has 0 fully saturated rings. The fourth-order valence-electron chi connectivity index (χ4n) is 1.95. The van der Waals surface area contributed by atoms with Gasteiger partial charge in [-0.1, -0.05) is 30.3 Å². The molecule has 0 unspecified atom stereocenters. The monoisotopic (exact) mass is 256 g/mol. The number of rotatable bonds is 4. The number of hydrogen-bond donors (Lipinski definition) is 1. The molecule has 2 rings (SSSR count). The van der Waals surface area contributed by atoms with Crippen molar-refractivity contribution in [2.24, 2.45) is 7.05 Å². The molecule has 0 bridgehead atoms. The molecule has 0 aliphatic heterocycles. The van der Waals surface area contributed by atoms with Crippen LogP contribution in [0.3, 0.4) is 0 Å². The standard InChI is InChI=1S/C15H16N2O2/c1-3-16-15-12(9-10-13(18)17(15)2)14(19)11-7-5-4-6-8-11/h4-10,16H,3H2,1-2H3. The number of anilines is 1. The molecule has 1 heterocycles. The van der Waals surface area contributed by atoms with Crippen molar-refractivity contribution >= 4 is 11.6 Å². The summed E-state index contributed by atoms with van der Waals surface area (Å²) in [4.78, 5) is 24.1. The van der Waals surface area contributed by atoms with Gasteiger partial charge in [-0.25, -0.2) is 0 Å². The maximum atomic E-state index is 12.5. The van der Waals surface area contributed by atoms with E-state index in [1.807, 2.05) is 25.1 Å². The Morgan fingerprint density at radius 2 is 1.84 bits per heavy atom. The van der Waals surface area contributed by atoms with Crippen molar-refractivity contribution in [3.8, 4) is 0 Å². The molecular weight excluding hydrogens is 240 g/mol. The van der Waals surface area contributed by atoms with Crippen LogP contribution in [0.1, 0.15) is 22.8 Å². The molecule has 0 saturated carbocycles. The van der Waals surface area contributed by atoms with Crippen LogP contribution in [0.15, 0.2) is 47.3 Å². The first-order valence-electron chi connectivity index (χ1n) is 6.18. The van der Waals surface area contributed by atoms with Crippen molar-refractivity contribution in [3.05, 3.63) is 63.9 Å². The van der Waals surface area contributed by atoms with Crippen molar-refractivity contribution in [1.82, 2.24) is 4.57 Å². The zero-order chi connectivity index (χ0) is 13.8. The molecule has 2 aromatic rings. The average Bonchev–Trinajstić information content (AvgIpc) is 2.44. The Morgan fingerprint density at radius 1 is 1.16 bits per heavy atom. The Bertz CT molecular complexity index is 645. The fraction of sp³-hybridized carbons (Fsp3) is 0.200. The van der Waals surface area contributed by atoms with Gasteiger partial charge in [0.2, 0.25) is 0 Å². The van der Waals surface area contributed by atoms with Crippen LogP contribution in [0.2, 0.25) is 0 Å². The summed E-state index contributed by atoms with van der Waals surface area (Å²) in [6, 6.07) is 12.0. The van der Waals surface area contributed by atoms with Gasteiger partial charge in [0.05, 0.1) is 5.56 Å². The Balaban J connectivity index is 2.54. The Morgan fingerprint density at radius 3 is 2.47 bits per heavy atom. The first-order valence-corrected chi connectivity index (χ1v) is 6.18. The van der Waals surface area contributed by atoms with E-state index in [0.717, 1.165) is 0 Å². The Hall–Kier alpha value is -2.36. The normalized spacial score (nSPS) is 10.2. The third-order valence-electron chi connectivity index (χ3n) is 2.94. The van der Waals surface area contributed by atoms with E-state index in [1.165, 1.54) is 10.6 Å². The van der Waals surface area contributed by atoms with Crippen molar-refractivity contribution in [2.45, 2.75) is 6.92 Å². The van der Waals surface area contributed by atoms with Gasteiger partial charge in [-0.05, 0) is 13.0 Å². The minimum Gasteiger partial charge on any atom is -0.371 e. The number of ketones is 1. The quantitative estimate of drug-likeness (QED) is 0.852. The molecule has 0 aliphatic carbocycles. The zero-order valence-corrected chi connectivity index (χ0v) is 11.0. The van der Waals surface area contributed by atoms with E-state index in [0.29, 0.717) is 23.5 Å². The van der Waals surface area contributed by atoms with Gasteiger partial charge >= 0.3 is 0 Å². The van der Waals surface area contributed by atoms with E-state index in [9.17, 15) is 9.59 Å². The first-order chi connectivity index (χ1) is 9.15. The van der Waals surface area contributed by atoms with Crippen molar-refractivity contribution in [2.75, 3.05) is 11.9 Å². The van der Waals surface area contributed by atoms with Gasteiger partial charge in [0.25, 0.3) is 5.56 Å². The van der Waals surface area contributed by atoms with Crippen LogP contribution in [-0.2, 0) is 7.05 Å². The molecular formula is C15H16N2O2. The number of carbonyl (C=O) groups is 1. The number of nitrogens with one attached hydrogen (secondary N) is 1. The van der Waals surface area contributed by atoms with Crippen molar-refractivity contribution < 1.29 is 4.79 Å². The summed E-state index contributed by atoms with van der Waals surface area (Å²) in [7, 11) is 1.65. The summed E-state index contributed by atoms with van der Waals surface area (Å²) in [5.41, 5.74) is 0.982. The highest BCUT2D eigenvalue weighted by Gasteiger charge is 2.15. The highest BCUT2D eigenvalue weighted by molar-refractivity contribution is 6.11. The van der Waals surface area contributed by atoms with Crippen LogP contribution in [0.25, 0.3) is 0 Å². The van der Waals surface area contributed by atoms with Gasteiger partial charge < -0.3 is 5.32 Å². The van der Waals surface area contributed by atoms with Crippen LogP contribution in [0.4, 0.5) is 5.82 Å². The fourth-order valence-corrected chi connectivity index (χ4v) is 1.95. The lowest BCUT2D eigenvalue weighted by atomic mass is 10.0. The molecule has 98 valence electrons. The molecule has 4 heteroatoms. The SMILES string of the molecule is CCNc1c(C(=O)c2ccccc2)ccc(=O)n1C. The molecule has 1 aromatic carbocycles. The second-order valence-corrected chi connectivity index (χ2v) is 4.22. The molecule has 1 aromatic heterocycles. The number of pyridine rings is 1. The maximum Gasteiger partial charge on any atom is 0.251 e. The summed E-state index contributed by atoms with van der Waals surface area (Å²) >= 11 is 0. The third kappa shape index (κ3) is 2.57. The van der Waals surface area contributed by atoms with Gasteiger partial charge in [0.1, 0.15) is 5.82 Å².